The Balaban J connectivity index is 1.53. The highest BCUT2D eigenvalue weighted by Gasteiger charge is 2.23. The van der Waals surface area contributed by atoms with Crippen LogP contribution >= 0.6 is 0 Å². The maximum atomic E-state index is 13.6. The number of hydrogen-bond donors (Lipinski definition) is 1. The summed E-state index contributed by atoms with van der Waals surface area (Å²) < 4.78 is 15.4. The summed E-state index contributed by atoms with van der Waals surface area (Å²) in [4.78, 5) is 18.7. The van der Waals surface area contributed by atoms with Crippen molar-refractivity contribution in [1.82, 2.24) is 24.7 Å². The average Bonchev–Trinajstić information content (AvgIpc) is 3.49. The number of benzene rings is 2. The zero-order chi connectivity index (χ0) is 24.8. The van der Waals surface area contributed by atoms with Crippen molar-refractivity contribution in [1.29, 1.82) is 0 Å². The van der Waals surface area contributed by atoms with Crippen molar-refractivity contribution in [2.45, 2.75) is 26.7 Å². The first kappa shape index (κ1) is 22.3. The van der Waals surface area contributed by atoms with Gasteiger partial charge in [0.05, 0.1) is 28.6 Å². The topological polar surface area (TPSA) is 71.8 Å². The molecule has 0 bridgehead atoms. The van der Waals surface area contributed by atoms with Gasteiger partial charge in [-0.2, -0.15) is 5.10 Å². The summed E-state index contributed by atoms with van der Waals surface area (Å²) >= 11 is 0. The van der Waals surface area contributed by atoms with Crippen LogP contribution in [0, 0.1) is 18.7 Å². The third-order valence-corrected chi connectivity index (χ3v) is 6.89. The molecular formula is C29H27FN6. The van der Waals surface area contributed by atoms with Gasteiger partial charge in [0.1, 0.15) is 11.5 Å². The van der Waals surface area contributed by atoms with E-state index >= 15 is 0 Å². The number of nitrogens with zero attached hydrogens (tertiary/aromatic N) is 5. The Hall–Kier alpha value is -4.13. The Labute approximate surface area is 209 Å². The number of aromatic nitrogens is 5. The lowest BCUT2D eigenvalue weighted by Gasteiger charge is -2.18. The van der Waals surface area contributed by atoms with E-state index in [1.54, 1.807) is 16.8 Å². The van der Waals surface area contributed by atoms with Gasteiger partial charge in [0.2, 0.25) is 0 Å². The molecule has 0 saturated carbocycles. The van der Waals surface area contributed by atoms with Crippen molar-refractivity contribution in [3.8, 4) is 22.4 Å². The summed E-state index contributed by atoms with van der Waals surface area (Å²) in [6, 6.07) is 14.9. The average molecular weight is 479 g/mol. The van der Waals surface area contributed by atoms with Crippen molar-refractivity contribution >= 4 is 16.7 Å². The smallest absolute Gasteiger partial charge is 0.159 e. The minimum absolute atomic E-state index is 0.252. The van der Waals surface area contributed by atoms with Gasteiger partial charge in [0.15, 0.2) is 5.82 Å². The molecular weight excluding hydrogens is 451 g/mol. The number of hydrogen-bond acceptors (Lipinski definition) is 4. The summed E-state index contributed by atoms with van der Waals surface area (Å²) in [7, 11) is 1.90. The fraction of sp³-hybridized carbons (Fsp3) is 0.241. The number of halogens is 1. The van der Waals surface area contributed by atoms with Gasteiger partial charge in [-0.1, -0.05) is 37.3 Å². The van der Waals surface area contributed by atoms with E-state index in [0.717, 1.165) is 69.8 Å². The van der Waals surface area contributed by atoms with E-state index in [1.807, 2.05) is 19.4 Å². The Morgan fingerprint density at radius 2 is 1.83 bits per heavy atom. The molecule has 0 fully saturated rings. The van der Waals surface area contributed by atoms with E-state index in [0.29, 0.717) is 11.7 Å². The predicted octanol–water partition coefficient (Wildman–Crippen LogP) is 5.89. The van der Waals surface area contributed by atoms with Crippen molar-refractivity contribution in [3.05, 3.63) is 89.4 Å². The number of H-pyrrole nitrogens is 1. The first-order valence-electron chi connectivity index (χ1n) is 12.3. The van der Waals surface area contributed by atoms with E-state index in [9.17, 15) is 4.39 Å². The molecule has 1 N–H and O–H groups in total. The van der Waals surface area contributed by atoms with E-state index in [-0.39, 0.29) is 5.82 Å². The van der Waals surface area contributed by atoms with Gasteiger partial charge in [-0.05, 0) is 60.6 Å². The number of aromatic amines is 1. The zero-order valence-electron chi connectivity index (χ0n) is 20.6. The summed E-state index contributed by atoms with van der Waals surface area (Å²) in [6.45, 7) is 5.03. The number of imidazole rings is 1. The standard InChI is InChI=1S/C29H27FN6/c1-17-12-13-31-28(26-20(14-17)7-11-24(33-26)21-15-32-36(3)16-21)29-34-25-18(2)4-10-23(27(25)35-29)19-5-8-22(30)9-6-19/h4-11,15-17H,12-14H2,1-3H3,(H,34,35). The van der Waals surface area contributed by atoms with Crippen LogP contribution < -0.4 is 0 Å². The molecule has 0 amide bonds. The lowest BCUT2D eigenvalue weighted by Crippen LogP contribution is -2.17. The van der Waals surface area contributed by atoms with Crippen LogP contribution in [0.25, 0.3) is 33.4 Å². The lowest BCUT2D eigenvalue weighted by molar-refractivity contribution is 0.534. The van der Waals surface area contributed by atoms with Gasteiger partial charge in [0.25, 0.3) is 0 Å². The number of aryl methyl sites for hydroxylation is 2. The molecule has 0 radical (unpaired) electrons. The SMILES string of the molecule is Cc1ccc(-c2ccc(F)cc2)c2[nH]c(C3=NCCC(C)Cc4ccc(-c5cnn(C)c5)nc43)nc12. The van der Waals surface area contributed by atoms with Crippen LogP contribution in [0.3, 0.4) is 0 Å². The van der Waals surface area contributed by atoms with Crippen molar-refractivity contribution in [2.24, 2.45) is 18.0 Å². The second kappa shape index (κ2) is 8.82. The van der Waals surface area contributed by atoms with Crippen molar-refractivity contribution in [2.75, 3.05) is 6.54 Å². The highest BCUT2D eigenvalue weighted by Crippen LogP contribution is 2.31. The van der Waals surface area contributed by atoms with Crippen molar-refractivity contribution in [3.63, 3.8) is 0 Å². The minimum atomic E-state index is -0.252. The third kappa shape index (κ3) is 4.00. The Morgan fingerprint density at radius 1 is 1.00 bits per heavy atom. The molecule has 1 atom stereocenters. The molecule has 4 heterocycles. The molecule has 0 spiro atoms. The summed E-state index contributed by atoms with van der Waals surface area (Å²) in [5.74, 6) is 0.968. The molecule has 36 heavy (non-hydrogen) atoms. The maximum absolute atomic E-state index is 13.6. The number of fused-ring (bicyclic) bond motifs is 2. The molecule has 5 aromatic rings. The van der Waals surface area contributed by atoms with E-state index < -0.39 is 0 Å². The van der Waals surface area contributed by atoms with Crippen LogP contribution in [0.2, 0.25) is 0 Å². The van der Waals surface area contributed by atoms with Gasteiger partial charge in [-0.3, -0.25) is 9.67 Å². The summed E-state index contributed by atoms with van der Waals surface area (Å²) in [5.41, 5.74) is 9.42. The molecule has 0 aliphatic carbocycles. The Kier molecular flexibility index (Phi) is 5.48. The van der Waals surface area contributed by atoms with Crippen LogP contribution in [0.1, 0.15) is 36.0 Å². The molecule has 180 valence electrons. The fourth-order valence-electron chi connectivity index (χ4n) is 4.91. The largest absolute Gasteiger partial charge is 0.336 e. The van der Waals surface area contributed by atoms with E-state index in [1.165, 1.54) is 17.7 Å². The van der Waals surface area contributed by atoms with E-state index in [2.05, 4.69) is 48.2 Å². The van der Waals surface area contributed by atoms with Gasteiger partial charge >= 0.3 is 0 Å². The van der Waals surface area contributed by atoms with Crippen molar-refractivity contribution < 1.29 is 4.39 Å². The number of aliphatic imine (C=N–C) groups is 1. The molecule has 6 nitrogen and oxygen atoms in total. The Bertz CT molecular complexity index is 1610. The van der Waals surface area contributed by atoms with Gasteiger partial charge < -0.3 is 4.98 Å². The number of pyridine rings is 1. The first-order chi connectivity index (χ1) is 17.5. The van der Waals surface area contributed by atoms with Gasteiger partial charge in [-0.15, -0.1) is 0 Å². The highest BCUT2D eigenvalue weighted by molar-refractivity contribution is 6.12. The van der Waals surface area contributed by atoms with Crippen LogP contribution in [0.4, 0.5) is 4.39 Å². The first-order valence-corrected chi connectivity index (χ1v) is 12.3. The van der Waals surface area contributed by atoms with E-state index in [4.69, 9.17) is 15.0 Å². The summed E-state index contributed by atoms with van der Waals surface area (Å²) in [6.07, 6.45) is 5.75. The number of nitrogens with one attached hydrogen (secondary N) is 1. The maximum Gasteiger partial charge on any atom is 0.159 e. The molecule has 1 aliphatic rings. The third-order valence-electron chi connectivity index (χ3n) is 6.89. The molecule has 1 unspecified atom stereocenters. The summed E-state index contributed by atoms with van der Waals surface area (Å²) in [5, 5.41) is 4.31. The number of rotatable bonds is 3. The van der Waals surface area contributed by atoms with Gasteiger partial charge in [-0.25, -0.2) is 14.4 Å². The lowest BCUT2D eigenvalue weighted by atomic mass is 9.93. The molecule has 6 rings (SSSR count). The highest BCUT2D eigenvalue weighted by atomic mass is 19.1. The minimum Gasteiger partial charge on any atom is -0.336 e. The molecule has 3 aromatic heterocycles. The van der Waals surface area contributed by atoms with Crippen LogP contribution in [-0.2, 0) is 13.5 Å². The monoisotopic (exact) mass is 478 g/mol. The molecule has 1 aliphatic heterocycles. The quantitative estimate of drug-likeness (QED) is 0.351. The molecule has 0 saturated heterocycles. The fourth-order valence-corrected chi connectivity index (χ4v) is 4.91. The van der Waals surface area contributed by atoms with Crippen LogP contribution in [0.15, 0.2) is 65.9 Å². The van der Waals surface area contributed by atoms with Crippen LogP contribution in [-0.4, -0.2) is 37.0 Å². The van der Waals surface area contributed by atoms with Gasteiger partial charge in [0, 0.05) is 30.9 Å². The second-order valence-electron chi connectivity index (χ2n) is 9.68. The normalized spacial score (nSPS) is 15.9. The zero-order valence-corrected chi connectivity index (χ0v) is 20.6. The predicted molar refractivity (Wildman–Crippen MR) is 141 cm³/mol. The van der Waals surface area contributed by atoms with Crippen LogP contribution in [0.5, 0.6) is 0 Å². The Morgan fingerprint density at radius 3 is 2.61 bits per heavy atom. The second-order valence-corrected chi connectivity index (χ2v) is 9.68. The molecule has 7 heteroatoms. The molecule has 2 aromatic carbocycles.